The van der Waals surface area contributed by atoms with Crippen LogP contribution >= 0.6 is 15.9 Å². The molecule has 1 aromatic rings. The minimum atomic E-state index is -3.59. The van der Waals surface area contributed by atoms with Crippen LogP contribution in [0.15, 0.2) is 20.0 Å². The summed E-state index contributed by atoms with van der Waals surface area (Å²) in [6, 6.07) is 1.33. The van der Waals surface area contributed by atoms with Gasteiger partial charge in [-0.15, -0.1) is 0 Å². The van der Waals surface area contributed by atoms with E-state index in [0.29, 0.717) is 6.54 Å². The molecule has 0 radical (unpaired) electrons. The third kappa shape index (κ3) is 6.50. The third-order valence-electron chi connectivity index (χ3n) is 3.15. The van der Waals surface area contributed by atoms with Crippen LogP contribution in [0.4, 0.5) is 0 Å². The van der Waals surface area contributed by atoms with E-state index in [-0.39, 0.29) is 21.9 Å². The summed E-state index contributed by atoms with van der Waals surface area (Å²) in [5, 5.41) is 8.95. The Bertz CT molecular complexity index is 525. The van der Waals surface area contributed by atoms with Crippen molar-refractivity contribution in [3.63, 3.8) is 0 Å². The van der Waals surface area contributed by atoms with Gasteiger partial charge in [-0.1, -0.05) is 39.5 Å². The van der Waals surface area contributed by atoms with E-state index in [1.54, 1.807) is 0 Å². The molecular weight excluding hydrogens is 358 g/mol. The summed E-state index contributed by atoms with van der Waals surface area (Å²) in [6.07, 6.45) is 5.38. The zero-order chi connectivity index (χ0) is 15.9. The molecule has 0 fully saturated rings. The first-order chi connectivity index (χ1) is 9.86. The van der Waals surface area contributed by atoms with Crippen molar-refractivity contribution >= 4 is 26.0 Å². The van der Waals surface area contributed by atoms with Crippen LogP contribution < -0.4 is 4.72 Å². The number of halogens is 1. The maximum atomic E-state index is 12.1. The first-order valence-corrected chi connectivity index (χ1v) is 9.53. The maximum absolute atomic E-state index is 12.1. The van der Waals surface area contributed by atoms with Crippen molar-refractivity contribution in [3.8, 4) is 0 Å². The second-order valence-electron chi connectivity index (χ2n) is 5.50. The Balaban J connectivity index is 2.35. The van der Waals surface area contributed by atoms with Gasteiger partial charge in [-0.05, 0) is 28.3 Å². The van der Waals surface area contributed by atoms with Gasteiger partial charge in [0.05, 0.1) is 0 Å². The fourth-order valence-corrected chi connectivity index (χ4v) is 4.04. The Morgan fingerprint density at radius 1 is 1.29 bits per heavy atom. The predicted molar refractivity (Wildman–Crippen MR) is 85.4 cm³/mol. The standard InChI is InChI=1S/C14H24BrNO4S/c1-11(2)7-5-3-4-6-8-16-21(18,19)13-9-12(10-17)20-14(13)15/h9,11,16-17H,3-8,10H2,1-2H3. The van der Waals surface area contributed by atoms with E-state index >= 15 is 0 Å². The monoisotopic (exact) mass is 381 g/mol. The van der Waals surface area contributed by atoms with Gasteiger partial charge in [0.1, 0.15) is 17.3 Å². The Kier molecular flexibility index (Phi) is 7.94. The molecular formula is C14H24BrNO4S. The van der Waals surface area contributed by atoms with E-state index in [2.05, 4.69) is 34.5 Å². The molecule has 0 spiro atoms. The number of nitrogens with one attached hydrogen (secondary N) is 1. The molecule has 1 heterocycles. The second-order valence-corrected chi connectivity index (χ2v) is 7.96. The van der Waals surface area contributed by atoms with E-state index in [0.717, 1.165) is 25.2 Å². The largest absolute Gasteiger partial charge is 0.450 e. The van der Waals surface area contributed by atoms with E-state index in [1.165, 1.54) is 18.9 Å². The quantitative estimate of drug-likeness (QED) is 0.608. The summed E-state index contributed by atoms with van der Waals surface area (Å²) in [7, 11) is -3.59. The van der Waals surface area contributed by atoms with Crippen LogP contribution in [0.3, 0.4) is 0 Å². The van der Waals surface area contributed by atoms with Crippen LogP contribution in [0.2, 0.25) is 0 Å². The van der Waals surface area contributed by atoms with E-state index in [4.69, 9.17) is 9.52 Å². The van der Waals surface area contributed by atoms with Crippen LogP contribution in [0.5, 0.6) is 0 Å². The average Bonchev–Trinajstić information content (AvgIpc) is 2.79. The lowest BCUT2D eigenvalue weighted by atomic mass is 10.0. The Morgan fingerprint density at radius 3 is 2.52 bits per heavy atom. The molecule has 0 bridgehead atoms. The van der Waals surface area contributed by atoms with Crippen LogP contribution in [0.1, 0.15) is 51.7 Å². The van der Waals surface area contributed by atoms with Crippen LogP contribution in [-0.2, 0) is 16.6 Å². The molecule has 0 saturated heterocycles. The molecule has 0 unspecified atom stereocenters. The lowest BCUT2D eigenvalue weighted by molar-refractivity contribution is 0.245. The highest BCUT2D eigenvalue weighted by Gasteiger charge is 2.21. The van der Waals surface area contributed by atoms with Crippen molar-refractivity contribution < 1.29 is 17.9 Å². The van der Waals surface area contributed by atoms with Gasteiger partial charge in [-0.2, -0.15) is 0 Å². The molecule has 1 rings (SSSR count). The first kappa shape index (κ1) is 18.7. The number of aliphatic hydroxyl groups is 1. The third-order valence-corrected chi connectivity index (χ3v) is 5.47. The highest BCUT2D eigenvalue weighted by atomic mass is 79.9. The van der Waals surface area contributed by atoms with Crippen molar-refractivity contribution in [1.82, 2.24) is 4.72 Å². The second kappa shape index (κ2) is 8.92. The summed E-state index contributed by atoms with van der Waals surface area (Å²) in [6.45, 7) is 4.50. The summed E-state index contributed by atoms with van der Waals surface area (Å²) in [5.74, 6) is 0.943. The fourth-order valence-electron chi connectivity index (χ4n) is 1.97. The van der Waals surface area contributed by atoms with E-state index in [1.807, 2.05) is 0 Å². The van der Waals surface area contributed by atoms with Gasteiger partial charge in [0.15, 0.2) is 4.67 Å². The number of unbranched alkanes of at least 4 members (excludes halogenated alkanes) is 3. The molecule has 1 aromatic heterocycles. The lowest BCUT2D eigenvalue weighted by Crippen LogP contribution is -2.24. The van der Waals surface area contributed by atoms with Gasteiger partial charge in [0, 0.05) is 12.6 Å². The van der Waals surface area contributed by atoms with Gasteiger partial charge in [-0.25, -0.2) is 13.1 Å². The smallest absolute Gasteiger partial charge is 0.244 e. The van der Waals surface area contributed by atoms with Crippen molar-refractivity contribution in [2.45, 2.75) is 57.5 Å². The van der Waals surface area contributed by atoms with Gasteiger partial charge in [0.2, 0.25) is 10.0 Å². The predicted octanol–water partition coefficient (Wildman–Crippen LogP) is 3.42. The molecule has 0 aromatic carbocycles. The van der Waals surface area contributed by atoms with E-state index < -0.39 is 10.0 Å². The van der Waals surface area contributed by atoms with Gasteiger partial charge in [-0.3, -0.25) is 0 Å². The minimum Gasteiger partial charge on any atom is -0.450 e. The summed E-state index contributed by atoms with van der Waals surface area (Å²) < 4.78 is 31.9. The van der Waals surface area contributed by atoms with Crippen LogP contribution in [0, 0.1) is 5.92 Å². The molecule has 122 valence electrons. The molecule has 0 amide bonds. The zero-order valence-electron chi connectivity index (χ0n) is 12.6. The topological polar surface area (TPSA) is 79.5 Å². The number of aliphatic hydroxyl groups excluding tert-OH is 1. The minimum absolute atomic E-state index is 0.0337. The van der Waals surface area contributed by atoms with Crippen molar-refractivity contribution in [2.75, 3.05) is 6.54 Å². The normalized spacial score (nSPS) is 12.2. The zero-order valence-corrected chi connectivity index (χ0v) is 15.0. The van der Waals surface area contributed by atoms with Crippen LogP contribution in [-0.4, -0.2) is 20.1 Å². The SMILES string of the molecule is CC(C)CCCCCCNS(=O)(=O)c1cc(CO)oc1Br. The number of rotatable bonds is 10. The molecule has 5 nitrogen and oxygen atoms in total. The molecule has 21 heavy (non-hydrogen) atoms. The fraction of sp³-hybridized carbons (Fsp3) is 0.714. The Labute approximate surface area is 135 Å². The molecule has 0 aliphatic rings. The maximum Gasteiger partial charge on any atom is 0.244 e. The van der Waals surface area contributed by atoms with Crippen molar-refractivity contribution in [3.05, 3.63) is 16.5 Å². The van der Waals surface area contributed by atoms with Gasteiger partial charge in [0.25, 0.3) is 0 Å². The molecule has 0 aliphatic carbocycles. The van der Waals surface area contributed by atoms with Crippen molar-refractivity contribution in [1.29, 1.82) is 0 Å². The number of hydrogen-bond donors (Lipinski definition) is 2. The molecule has 7 heteroatoms. The Hall–Kier alpha value is -0.370. The van der Waals surface area contributed by atoms with E-state index in [9.17, 15) is 8.42 Å². The lowest BCUT2D eigenvalue weighted by Gasteiger charge is -2.06. The van der Waals surface area contributed by atoms with Crippen LogP contribution in [0.25, 0.3) is 0 Å². The average molecular weight is 382 g/mol. The first-order valence-electron chi connectivity index (χ1n) is 7.25. The number of hydrogen-bond acceptors (Lipinski definition) is 4. The number of furan rings is 1. The highest BCUT2D eigenvalue weighted by Crippen LogP contribution is 2.26. The number of sulfonamides is 1. The molecule has 0 aliphatic heterocycles. The summed E-state index contributed by atoms with van der Waals surface area (Å²) in [4.78, 5) is 0.0337. The molecule has 0 atom stereocenters. The Morgan fingerprint density at radius 2 is 1.95 bits per heavy atom. The highest BCUT2D eigenvalue weighted by molar-refractivity contribution is 9.10. The van der Waals surface area contributed by atoms with Crippen molar-refractivity contribution in [2.24, 2.45) is 5.92 Å². The molecule has 2 N–H and O–H groups in total. The summed E-state index contributed by atoms with van der Waals surface area (Å²) in [5.41, 5.74) is 0. The van der Waals surface area contributed by atoms with Gasteiger partial charge >= 0.3 is 0 Å². The molecule has 0 saturated carbocycles. The summed E-state index contributed by atoms with van der Waals surface area (Å²) >= 11 is 3.05. The van der Waals surface area contributed by atoms with Gasteiger partial charge < -0.3 is 9.52 Å².